The average molecular weight is 272 g/mol. The molecule has 7 nitrogen and oxygen atoms in total. The number of nitrogens with zero attached hydrogens (tertiary/aromatic N) is 4. The summed E-state index contributed by atoms with van der Waals surface area (Å²) in [5, 5.41) is 9.28. The minimum atomic E-state index is -0.211. The summed E-state index contributed by atoms with van der Waals surface area (Å²) in [6.07, 6.45) is 2.05. The van der Waals surface area contributed by atoms with Gasteiger partial charge in [0, 0.05) is 13.7 Å². The quantitative estimate of drug-likeness (QED) is 0.767. The lowest BCUT2D eigenvalue weighted by Gasteiger charge is -2.12. The first kappa shape index (κ1) is 13.0. The Hall–Kier alpha value is -1.44. The molecule has 0 radical (unpaired) electrons. The molecule has 2 rings (SSSR count). The normalized spacial score (nSPS) is 13.1. The molecule has 3 N–H and O–H groups in total. The van der Waals surface area contributed by atoms with Crippen LogP contribution in [-0.2, 0) is 11.3 Å². The van der Waals surface area contributed by atoms with Crippen LogP contribution in [0.25, 0.3) is 11.2 Å². The van der Waals surface area contributed by atoms with Crippen molar-refractivity contribution in [3.05, 3.63) is 11.5 Å². The second-order valence-electron chi connectivity index (χ2n) is 3.81. The number of methoxy groups -OCH3 is 1. The molecule has 0 aliphatic heterocycles. The predicted molar refractivity (Wildman–Crippen MR) is 67.2 cm³/mol. The topological polar surface area (TPSA) is 99.1 Å². The molecule has 0 saturated heterocycles. The van der Waals surface area contributed by atoms with Crippen molar-refractivity contribution < 1.29 is 9.84 Å². The van der Waals surface area contributed by atoms with Gasteiger partial charge >= 0.3 is 0 Å². The highest BCUT2D eigenvalue weighted by atomic mass is 35.5. The number of hydrogen-bond donors (Lipinski definition) is 2. The summed E-state index contributed by atoms with van der Waals surface area (Å²) in [6, 6.07) is 0. The fourth-order valence-corrected chi connectivity index (χ4v) is 1.88. The summed E-state index contributed by atoms with van der Waals surface area (Å²) in [6.45, 7) is 0.573. The van der Waals surface area contributed by atoms with E-state index < -0.39 is 0 Å². The molecular formula is C10H14ClN5O2. The van der Waals surface area contributed by atoms with E-state index >= 15 is 0 Å². The van der Waals surface area contributed by atoms with Crippen molar-refractivity contribution in [2.45, 2.75) is 19.1 Å². The number of ether oxygens (including phenoxy) is 1. The van der Waals surface area contributed by atoms with Crippen LogP contribution in [0.4, 0.5) is 5.95 Å². The van der Waals surface area contributed by atoms with Crippen molar-refractivity contribution >= 4 is 28.7 Å². The van der Waals surface area contributed by atoms with E-state index in [0.29, 0.717) is 24.1 Å². The van der Waals surface area contributed by atoms with E-state index in [4.69, 9.17) is 27.2 Å². The molecular weight excluding hydrogens is 258 g/mol. The number of nitrogens with two attached hydrogens (primary N) is 1. The number of nitrogen functional groups attached to an aromatic ring is 1. The van der Waals surface area contributed by atoms with E-state index in [9.17, 15) is 0 Å². The molecule has 0 aromatic carbocycles. The summed E-state index contributed by atoms with van der Waals surface area (Å²) in [4.78, 5) is 12.1. The van der Waals surface area contributed by atoms with Crippen LogP contribution in [0.2, 0.25) is 5.15 Å². The van der Waals surface area contributed by atoms with E-state index in [1.165, 1.54) is 0 Å². The zero-order valence-electron chi connectivity index (χ0n) is 9.88. The van der Waals surface area contributed by atoms with E-state index in [1.807, 2.05) is 0 Å². The summed E-state index contributed by atoms with van der Waals surface area (Å²) in [7, 11) is 1.56. The Bertz CT molecular complexity index is 540. The largest absolute Gasteiger partial charge is 0.394 e. The van der Waals surface area contributed by atoms with Gasteiger partial charge in [-0.3, -0.25) is 0 Å². The van der Waals surface area contributed by atoms with Crippen molar-refractivity contribution in [3.8, 4) is 0 Å². The van der Waals surface area contributed by atoms with Crippen LogP contribution in [0.5, 0.6) is 0 Å². The van der Waals surface area contributed by atoms with Crippen molar-refractivity contribution in [1.82, 2.24) is 19.5 Å². The number of hydrogen-bond acceptors (Lipinski definition) is 6. The Labute approximate surface area is 109 Å². The highest BCUT2D eigenvalue weighted by Crippen LogP contribution is 2.19. The Morgan fingerprint density at radius 2 is 2.33 bits per heavy atom. The molecule has 2 heterocycles. The second-order valence-corrected chi connectivity index (χ2v) is 4.17. The smallest absolute Gasteiger partial charge is 0.223 e. The zero-order chi connectivity index (χ0) is 13.1. The Morgan fingerprint density at radius 1 is 1.56 bits per heavy atom. The Kier molecular flexibility index (Phi) is 3.95. The van der Waals surface area contributed by atoms with Crippen LogP contribution in [0, 0.1) is 0 Å². The molecule has 1 atom stereocenters. The fraction of sp³-hybridized carbons (Fsp3) is 0.500. The summed E-state index contributed by atoms with van der Waals surface area (Å²) in [5.74, 6) is 0.111. The lowest BCUT2D eigenvalue weighted by molar-refractivity contribution is 0.0405. The summed E-state index contributed by atoms with van der Waals surface area (Å²) >= 11 is 5.92. The van der Waals surface area contributed by atoms with Crippen molar-refractivity contribution in [3.63, 3.8) is 0 Å². The van der Waals surface area contributed by atoms with Gasteiger partial charge < -0.3 is 20.1 Å². The molecule has 1 unspecified atom stereocenters. The van der Waals surface area contributed by atoms with Crippen molar-refractivity contribution in [1.29, 1.82) is 0 Å². The van der Waals surface area contributed by atoms with Crippen molar-refractivity contribution in [2.75, 3.05) is 19.5 Å². The maximum atomic E-state index is 9.04. The number of aliphatic hydroxyl groups is 1. The van der Waals surface area contributed by atoms with Crippen LogP contribution in [-0.4, -0.2) is 44.4 Å². The van der Waals surface area contributed by atoms with E-state index in [0.717, 1.165) is 0 Å². The lowest BCUT2D eigenvalue weighted by atomic mass is 10.2. The van der Waals surface area contributed by atoms with Gasteiger partial charge in [0.2, 0.25) is 5.95 Å². The van der Waals surface area contributed by atoms with Gasteiger partial charge in [0.05, 0.1) is 19.0 Å². The summed E-state index contributed by atoms with van der Waals surface area (Å²) < 4.78 is 6.90. The number of imidazole rings is 1. The molecule has 0 aliphatic rings. The minimum absolute atomic E-state index is 0.0268. The van der Waals surface area contributed by atoms with Gasteiger partial charge in [-0.2, -0.15) is 9.97 Å². The molecule has 0 fully saturated rings. The van der Waals surface area contributed by atoms with Crippen LogP contribution in [0.15, 0.2) is 6.33 Å². The van der Waals surface area contributed by atoms with Gasteiger partial charge in [-0.05, 0) is 6.42 Å². The van der Waals surface area contributed by atoms with Gasteiger partial charge in [-0.1, -0.05) is 11.6 Å². The molecule has 0 spiro atoms. The standard InChI is InChI=1S/C10H14ClN5O2/c1-18-6(4-17)2-3-16-5-13-7-8(11)14-10(12)15-9(7)16/h5-6,17H,2-4H2,1H3,(H2,12,14,15). The summed E-state index contributed by atoms with van der Waals surface area (Å²) in [5.41, 5.74) is 6.65. The van der Waals surface area contributed by atoms with Crippen LogP contribution >= 0.6 is 11.6 Å². The second kappa shape index (κ2) is 5.47. The predicted octanol–water partition coefficient (Wildman–Crippen LogP) is 0.459. The zero-order valence-corrected chi connectivity index (χ0v) is 10.6. The maximum absolute atomic E-state index is 9.04. The number of aliphatic hydroxyl groups excluding tert-OH is 1. The highest BCUT2D eigenvalue weighted by molar-refractivity contribution is 6.33. The first-order chi connectivity index (χ1) is 8.65. The highest BCUT2D eigenvalue weighted by Gasteiger charge is 2.12. The number of fused-ring (bicyclic) bond motifs is 1. The van der Waals surface area contributed by atoms with Gasteiger partial charge in [0.15, 0.2) is 10.8 Å². The Balaban J connectivity index is 2.24. The fourth-order valence-electron chi connectivity index (χ4n) is 1.66. The van der Waals surface area contributed by atoms with Crippen LogP contribution in [0.3, 0.4) is 0 Å². The molecule has 8 heteroatoms. The maximum Gasteiger partial charge on any atom is 0.223 e. The molecule has 0 amide bonds. The van der Waals surface area contributed by atoms with Crippen LogP contribution < -0.4 is 5.73 Å². The average Bonchev–Trinajstić information content (AvgIpc) is 2.74. The molecule has 0 saturated carbocycles. The SMILES string of the molecule is COC(CO)CCn1cnc2c(Cl)nc(N)nc21. The molecule has 18 heavy (non-hydrogen) atoms. The minimum Gasteiger partial charge on any atom is -0.394 e. The Morgan fingerprint density at radius 3 is 3.00 bits per heavy atom. The molecule has 2 aromatic heterocycles. The number of aromatic nitrogens is 4. The number of aryl methyl sites for hydroxylation is 1. The van der Waals surface area contributed by atoms with Gasteiger partial charge in [-0.25, -0.2) is 4.98 Å². The third-order valence-electron chi connectivity index (χ3n) is 2.67. The van der Waals surface area contributed by atoms with E-state index in [2.05, 4.69) is 15.0 Å². The monoisotopic (exact) mass is 271 g/mol. The number of rotatable bonds is 5. The van der Waals surface area contributed by atoms with Crippen molar-refractivity contribution in [2.24, 2.45) is 0 Å². The number of halogens is 1. The first-order valence-corrected chi connectivity index (χ1v) is 5.81. The molecule has 98 valence electrons. The first-order valence-electron chi connectivity index (χ1n) is 5.43. The van der Waals surface area contributed by atoms with E-state index in [1.54, 1.807) is 18.0 Å². The number of anilines is 1. The van der Waals surface area contributed by atoms with Gasteiger partial charge in [0.25, 0.3) is 0 Å². The van der Waals surface area contributed by atoms with Gasteiger partial charge in [-0.15, -0.1) is 0 Å². The molecule has 0 aliphatic carbocycles. The van der Waals surface area contributed by atoms with Gasteiger partial charge in [0.1, 0.15) is 5.52 Å². The lowest BCUT2D eigenvalue weighted by Crippen LogP contribution is -2.18. The van der Waals surface area contributed by atoms with E-state index in [-0.39, 0.29) is 23.8 Å². The molecule has 2 aromatic rings. The van der Waals surface area contributed by atoms with Crippen LogP contribution in [0.1, 0.15) is 6.42 Å². The third kappa shape index (κ3) is 2.53. The third-order valence-corrected chi connectivity index (χ3v) is 2.93. The molecule has 0 bridgehead atoms.